The SMILES string of the molecule is N#Cc1ccc(NC2CCCCC2O)cc1C#N. The van der Waals surface area contributed by atoms with E-state index in [0.29, 0.717) is 11.1 Å². The standard InChI is InChI=1S/C14H15N3O/c15-8-10-5-6-12(7-11(10)9-16)17-13-3-1-2-4-14(13)18/h5-7,13-14,17-18H,1-4H2. The maximum absolute atomic E-state index is 9.88. The number of rotatable bonds is 2. The van der Waals surface area contributed by atoms with E-state index in [1.165, 1.54) is 0 Å². The maximum Gasteiger partial charge on any atom is 0.101 e. The molecule has 0 heterocycles. The largest absolute Gasteiger partial charge is 0.391 e. The molecule has 1 saturated carbocycles. The molecule has 1 aliphatic rings. The van der Waals surface area contributed by atoms with E-state index in [4.69, 9.17) is 10.5 Å². The van der Waals surface area contributed by atoms with Gasteiger partial charge in [-0.3, -0.25) is 0 Å². The van der Waals surface area contributed by atoms with Crippen LogP contribution in [0.5, 0.6) is 0 Å². The number of hydrogen-bond donors (Lipinski definition) is 2. The van der Waals surface area contributed by atoms with Crippen molar-refractivity contribution in [2.75, 3.05) is 5.32 Å². The molecule has 1 aromatic rings. The van der Waals surface area contributed by atoms with Gasteiger partial charge in [0, 0.05) is 5.69 Å². The highest BCUT2D eigenvalue weighted by Gasteiger charge is 2.22. The summed E-state index contributed by atoms with van der Waals surface area (Å²) in [5.74, 6) is 0. The lowest BCUT2D eigenvalue weighted by molar-refractivity contribution is 0.116. The molecule has 0 radical (unpaired) electrons. The van der Waals surface area contributed by atoms with Crippen LogP contribution in [0.25, 0.3) is 0 Å². The molecular weight excluding hydrogens is 226 g/mol. The minimum absolute atomic E-state index is 0.0400. The van der Waals surface area contributed by atoms with Crippen LogP contribution >= 0.6 is 0 Å². The number of nitriles is 2. The highest BCUT2D eigenvalue weighted by Crippen LogP contribution is 2.23. The molecule has 2 rings (SSSR count). The predicted octanol–water partition coefficient (Wildman–Crippen LogP) is 2.15. The Balaban J connectivity index is 2.15. The molecule has 0 saturated heterocycles. The normalized spacial score (nSPS) is 22.8. The number of aliphatic hydroxyl groups excluding tert-OH is 1. The van der Waals surface area contributed by atoms with E-state index in [1.54, 1.807) is 18.2 Å². The van der Waals surface area contributed by atoms with E-state index in [2.05, 4.69) is 5.32 Å². The van der Waals surface area contributed by atoms with Crippen LogP contribution in [0, 0.1) is 22.7 Å². The lowest BCUT2D eigenvalue weighted by atomic mass is 9.92. The van der Waals surface area contributed by atoms with Crippen LogP contribution in [-0.2, 0) is 0 Å². The number of hydrogen-bond acceptors (Lipinski definition) is 4. The molecule has 18 heavy (non-hydrogen) atoms. The van der Waals surface area contributed by atoms with E-state index in [9.17, 15) is 5.11 Å². The van der Waals surface area contributed by atoms with E-state index in [-0.39, 0.29) is 12.1 Å². The summed E-state index contributed by atoms with van der Waals surface area (Å²) in [5.41, 5.74) is 1.54. The van der Waals surface area contributed by atoms with Crippen molar-refractivity contribution >= 4 is 5.69 Å². The van der Waals surface area contributed by atoms with Crippen molar-refractivity contribution in [3.05, 3.63) is 29.3 Å². The van der Waals surface area contributed by atoms with Gasteiger partial charge in [0.1, 0.15) is 12.1 Å². The van der Waals surface area contributed by atoms with Gasteiger partial charge in [0.05, 0.1) is 23.3 Å². The first-order chi connectivity index (χ1) is 8.74. The Morgan fingerprint density at radius 3 is 2.50 bits per heavy atom. The van der Waals surface area contributed by atoms with Gasteiger partial charge < -0.3 is 10.4 Å². The molecule has 1 aromatic carbocycles. The second-order valence-electron chi connectivity index (χ2n) is 4.59. The highest BCUT2D eigenvalue weighted by atomic mass is 16.3. The van der Waals surface area contributed by atoms with Crippen molar-refractivity contribution in [3.63, 3.8) is 0 Å². The average molecular weight is 241 g/mol. The zero-order valence-electron chi connectivity index (χ0n) is 10.1. The first kappa shape index (κ1) is 12.4. The zero-order valence-corrected chi connectivity index (χ0v) is 10.1. The lowest BCUT2D eigenvalue weighted by Gasteiger charge is -2.29. The first-order valence-electron chi connectivity index (χ1n) is 6.13. The molecule has 0 aromatic heterocycles. The fraction of sp³-hybridized carbons (Fsp3) is 0.429. The zero-order chi connectivity index (χ0) is 13.0. The van der Waals surface area contributed by atoms with Crippen molar-refractivity contribution in [1.29, 1.82) is 10.5 Å². The molecule has 4 nitrogen and oxygen atoms in total. The summed E-state index contributed by atoms with van der Waals surface area (Å²) < 4.78 is 0. The van der Waals surface area contributed by atoms with Crippen molar-refractivity contribution in [2.24, 2.45) is 0 Å². The molecule has 1 fully saturated rings. The molecule has 1 aliphatic carbocycles. The molecule has 2 unspecified atom stereocenters. The fourth-order valence-corrected chi connectivity index (χ4v) is 2.32. The minimum Gasteiger partial charge on any atom is -0.391 e. The minimum atomic E-state index is -0.333. The second kappa shape index (κ2) is 5.53. The Morgan fingerprint density at radius 1 is 1.11 bits per heavy atom. The number of nitrogens with zero attached hydrogens (tertiary/aromatic N) is 2. The molecule has 0 aliphatic heterocycles. The molecule has 2 N–H and O–H groups in total. The summed E-state index contributed by atoms with van der Waals surface area (Å²) in [7, 11) is 0. The Bertz CT molecular complexity index is 513. The van der Waals surface area contributed by atoms with Crippen LogP contribution in [0.3, 0.4) is 0 Å². The Hall–Kier alpha value is -2.04. The van der Waals surface area contributed by atoms with Gasteiger partial charge in [-0.15, -0.1) is 0 Å². The van der Waals surface area contributed by atoms with Gasteiger partial charge in [-0.25, -0.2) is 0 Å². The van der Waals surface area contributed by atoms with Gasteiger partial charge in [0.2, 0.25) is 0 Å². The van der Waals surface area contributed by atoms with E-state index < -0.39 is 0 Å². The van der Waals surface area contributed by atoms with Crippen LogP contribution in [0.2, 0.25) is 0 Å². The van der Waals surface area contributed by atoms with Crippen molar-refractivity contribution in [3.8, 4) is 12.1 Å². The van der Waals surface area contributed by atoms with Gasteiger partial charge in [-0.2, -0.15) is 10.5 Å². The third kappa shape index (κ3) is 2.61. The summed E-state index contributed by atoms with van der Waals surface area (Å²) in [6.45, 7) is 0. The van der Waals surface area contributed by atoms with E-state index in [0.717, 1.165) is 31.4 Å². The second-order valence-corrected chi connectivity index (χ2v) is 4.59. The quantitative estimate of drug-likeness (QED) is 0.831. The van der Waals surface area contributed by atoms with Crippen molar-refractivity contribution in [2.45, 2.75) is 37.8 Å². The molecule has 4 heteroatoms. The summed E-state index contributed by atoms with van der Waals surface area (Å²) in [4.78, 5) is 0. The number of aliphatic hydroxyl groups is 1. The average Bonchev–Trinajstić information content (AvgIpc) is 2.41. The van der Waals surface area contributed by atoms with E-state index in [1.807, 2.05) is 12.1 Å². The monoisotopic (exact) mass is 241 g/mol. The van der Waals surface area contributed by atoms with Crippen LogP contribution in [-0.4, -0.2) is 17.3 Å². The molecule has 2 atom stereocenters. The summed E-state index contributed by atoms with van der Waals surface area (Å²) >= 11 is 0. The highest BCUT2D eigenvalue weighted by molar-refractivity contribution is 5.56. The van der Waals surface area contributed by atoms with Crippen molar-refractivity contribution in [1.82, 2.24) is 0 Å². The van der Waals surface area contributed by atoms with Crippen LogP contribution < -0.4 is 5.32 Å². The third-order valence-electron chi connectivity index (χ3n) is 3.34. The van der Waals surface area contributed by atoms with Gasteiger partial charge >= 0.3 is 0 Å². The number of nitrogens with one attached hydrogen (secondary N) is 1. The lowest BCUT2D eigenvalue weighted by Crippen LogP contribution is -2.36. The van der Waals surface area contributed by atoms with Gasteiger partial charge in [0.25, 0.3) is 0 Å². The predicted molar refractivity (Wildman–Crippen MR) is 67.8 cm³/mol. The van der Waals surface area contributed by atoms with Crippen molar-refractivity contribution < 1.29 is 5.11 Å². The van der Waals surface area contributed by atoms with Gasteiger partial charge in [-0.05, 0) is 31.0 Å². The Morgan fingerprint density at radius 2 is 1.83 bits per heavy atom. The smallest absolute Gasteiger partial charge is 0.101 e. The summed E-state index contributed by atoms with van der Waals surface area (Å²) in [5, 5.41) is 30.9. The summed E-state index contributed by atoms with van der Waals surface area (Å²) in [6.07, 6.45) is 3.59. The molecular formula is C14H15N3O. The Kier molecular flexibility index (Phi) is 3.82. The molecule has 0 amide bonds. The number of benzene rings is 1. The van der Waals surface area contributed by atoms with E-state index >= 15 is 0 Å². The fourth-order valence-electron chi connectivity index (χ4n) is 2.32. The maximum atomic E-state index is 9.88. The first-order valence-corrected chi connectivity index (χ1v) is 6.13. The Labute approximate surface area is 106 Å². The molecule has 0 bridgehead atoms. The third-order valence-corrected chi connectivity index (χ3v) is 3.34. The van der Waals surface area contributed by atoms with Gasteiger partial charge in [-0.1, -0.05) is 12.8 Å². The summed E-state index contributed by atoms with van der Waals surface area (Å²) in [6, 6.07) is 9.12. The van der Waals surface area contributed by atoms with Crippen LogP contribution in [0.1, 0.15) is 36.8 Å². The number of anilines is 1. The van der Waals surface area contributed by atoms with Gasteiger partial charge in [0.15, 0.2) is 0 Å². The molecule has 92 valence electrons. The molecule has 0 spiro atoms. The van der Waals surface area contributed by atoms with Crippen LogP contribution in [0.15, 0.2) is 18.2 Å². The topological polar surface area (TPSA) is 79.8 Å². The van der Waals surface area contributed by atoms with Crippen LogP contribution in [0.4, 0.5) is 5.69 Å².